The van der Waals surface area contributed by atoms with E-state index in [-0.39, 0.29) is 21.7 Å². The molecule has 5 aliphatic carbocycles. The van der Waals surface area contributed by atoms with Crippen LogP contribution in [0.3, 0.4) is 0 Å². The highest BCUT2D eigenvalue weighted by Crippen LogP contribution is 2.71. The number of carbonyl (C=O) groups excluding carboxylic acids is 2. The van der Waals surface area contributed by atoms with Gasteiger partial charge in [0, 0.05) is 23.8 Å². The smallest absolute Gasteiger partial charge is 0.168 e. The lowest BCUT2D eigenvalue weighted by molar-refractivity contribution is -0.152. The third-order valence-electron chi connectivity index (χ3n) is 10.7. The number of fused-ring (bicyclic) bond motifs is 6. The summed E-state index contributed by atoms with van der Waals surface area (Å²) in [6, 6.07) is 0. The van der Waals surface area contributed by atoms with Gasteiger partial charge in [-0.2, -0.15) is 0 Å². The Morgan fingerprint density at radius 3 is 2.38 bits per heavy atom. The van der Waals surface area contributed by atoms with Crippen LogP contribution < -0.4 is 0 Å². The second-order valence-electron chi connectivity index (χ2n) is 12.3. The van der Waals surface area contributed by atoms with Crippen molar-refractivity contribution in [1.82, 2.24) is 0 Å². The van der Waals surface area contributed by atoms with Crippen molar-refractivity contribution in [2.24, 2.45) is 33.5 Å². The van der Waals surface area contributed by atoms with Crippen LogP contribution in [-0.2, 0) is 9.59 Å². The number of hydrogen-bond acceptors (Lipinski definition) is 2. The molecule has 0 saturated heterocycles. The molecule has 5 aliphatic rings. The summed E-state index contributed by atoms with van der Waals surface area (Å²) in [7, 11) is 0. The molecule has 2 saturated carbocycles. The highest BCUT2D eigenvalue weighted by molar-refractivity contribution is 6.05. The first-order valence-electron chi connectivity index (χ1n) is 12.0. The van der Waals surface area contributed by atoms with E-state index < -0.39 is 0 Å². The number of Topliss-reactive ketones (excluding diaryl/α,β-unsaturated/α-hetero) is 2. The summed E-state index contributed by atoms with van der Waals surface area (Å²) in [5.74, 6) is 2.13. The van der Waals surface area contributed by atoms with E-state index >= 15 is 0 Å². The van der Waals surface area contributed by atoms with Crippen LogP contribution in [0, 0.1) is 33.5 Å². The van der Waals surface area contributed by atoms with Crippen molar-refractivity contribution in [2.75, 3.05) is 0 Å². The molecule has 2 heteroatoms. The fourth-order valence-electron chi connectivity index (χ4n) is 8.50. The van der Waals surface area contributed by atoms with Crippen molar-refractivity contribution >= 4 is 11.6 Å². The van der Waals surface area contributed by atoms with E-state index in [2.05, 4.69) is 40.7 Å². The maximum Gasteiger partial charge on any atom is 0.168 e. The largest absolute Gasteiger partial charge is 0.300 e. The monoisotopic (exact) mass is 394 g/mol. The summed E-state index contributed by atoms with van der Waals surface area (Å²) in [6.07, 6.45) is 13.0. The highest BCUT2D eigenvalue weighted by Gasteiger charge is 2.64. The lowest BCUT2D eigenvalue weighted by atomic mass is 9.37. The van der Waals surface area contributed by atoms with Gasteiger partial charge in [0.05, 0.1) is 0 Å². The lowest BCUT2D eigenvalue weighted by Gasteiger charge is -2.66. The van der Waals surface area contributed by atoms with Crippen LogP contribution in [0.4, 0.5) is 0 Å². The van der Waals surface area contributed by atoms with Crippen LogP contribution in [0.15, 0.2) is 22.8 Å². The molecule has 2 nitrogen and oxygen atoms in total. The lowest BCUT2D eigenvalue weighted by Crippen LogP contribution is -2.59. The molecular formula is C27H38O2. The summed E-state index contributed by atoms with van der Waals surface area (Å²) in [5, 5.41) is 0. The first kappa shape index (κ1) is 19.8. The van der Waals surface area contributed by atoms with Crippen molar-refractivity contribution < 1.29 is 9.59 Å². The SMILES string of the molecule is CC1(C)CCC2=C(C1=O)C1=CC[C@@H]3[C@@]4(C)CC(=O)CC[C@@H]4CC[C@@]3(C)[C@]1(C)CC2. The Bertz CT molecular complexity index is 858. The molecule has 0 aliphatic heterocycles. The summed E-state index contributed by atoms with van der Waals surface area (Å²) in [4.78, 5) is 26.0. The fraction of sp³-hybridized carbons (Fsp3) is 0.778. The third-order valence-corrected chi connectivity index (χ3v) is 10.7. The van der Waals surface area contributed by atoms with Crippen LogP contribution in [0.25, 0.3) is 0 Å². The average molecular weight is 395 g/mol. The van der Waals surface area contributed by atoms with Gasteiger partial charge in [-0.3, -0.25) is 9.59 Å². The van der Waals surface area contributed by atoms with Gasteiger partial charge in [0.25, 0.3) is 0 Å². The van der Waals surface area contributed by atoms with Crippen molar-refractivity contribution in [2.45, 2.75) is 98.8 Å². The Morgan fingerprint density at radius 2 is 1.62 bits per heavy atom. The quantitative estimate of drug-likeness (QED) is 0.464. The molecule has 0 aromatic heterocycles. The molecule has 0 spiro atoms. The van der Waals surface area contributed by atoms with E-state index in [1.165, 1.54) is 30.4 Å². The number of hydrogen-bond donors (Lipinski definition) is 0. The molecule has 5 rings (SSSR count). The van der Waals surface area contributed by atoms with Crippen LogP contribution >= 0.6 is 0 Å². The Kier molecular flexibility index (Phi) is 4.05. The molecule has 0 bridgehead atoms. The molecule has 0 aromatic rings. The highest BCUT2D eigenvalue weighted by atomic mass is 16.1. The van der Waals surface area contributed by atoms with Gasteiger partial charge in [-0.15, -0.1) is 0 Å². The number of carbonyl (C=O) groups is 2. The maximum absolute atomic E-state index is 13.5. The molecule has 0 heterocycles. The van der Waals surface area contributed by atoms with Gasteiger partial charge >= 0.3 is 0 Å². The van der Waals surface area contributed by atoms with E-state index in [9.17, 15) is 9.59 Å². The second kappa shape index (κ2) is 5.95. The Balaban J connectivity index is 1.62. The van der Waals surface area contributed by atoms with E-state index in [0.717, 1.165) is 50.5 Å². The van der Waals surface area contributed by atoms with Gasteiger partial charge in [0.1, 0.15) is 5.78 Å². The Morgan fingerprint density at radius 1 is 0.897 bits per heavy atom. The summed E-state index contributed by atoms with van der Waals surface area (Å²) in [6.45, 7) is 11.7. The first-order chi connectivity index (χ1) is 13.5. The molecule has 29 heavy (non-hydrogen) atoms. The van der Waals surface area contributed by atoms with E-state index in [1.54, 1.807) is 0 Å². The van der Waals surface area contributed by atoms with Gasteiger partial charge in [0.15, 0.2) is 5.78 Å². The molecule has 0 N–H and O–H groups in total. The van der Waals surface area contributed by atoms with Crippen LogP contribution in [0.1, 0.15) is 98.8 Å². The van der Waals surface area contributed by atoms with E-state index in [0.29, 0.717) is 23.4 Å². The first-order valence-corrected chi connectivity index (χ1v) is 12.0. The Hall–Kier alpha value is -1.18. The van der Waals surface area contributed by atoms with Gasteiger partial charge in [-0.1, -0.05) is 46.3 Å². The average Bonchev–Trinajstić information content (AvgIpc) is 2.64. The van der Waals surface area contributed by atoms with Crippen molar-refractivity contribution in [3.8, 4) is 0 Å². The molecule has 2 fully saturated rings. The van der Waals surface area contributed by atoms with Crippen LogP contribution in [0.2, 0.25) is 0 Å². The third kappa shape index (κ3) is 2.41. The van der Waals surface area contributed by atoms with Gasteiger partial charge < -0.3 is 0 Å². The molecule has 0 radical (unpaired) electrons. The fourth-order valence-corrected chi connectivity index (χ4v) is 8.50. The van der Waals surface area contributed by atoms with Gasteiger partial charge in [0.2, 0.25) is 0 Å². The van der Waals surface area contributed by atoms with Gasteiger partial charge in [-0.25, -0.2) is 0 Å². The molecule has 0 amide bonds. The minimum Gasteiger partial charge on any atom is -0.300 e. The predicted molar refractivity (Wildman–Crippen MR) is 116 cm³/mol. The molecule has 0 aromatic carbocycles. The zero-order valence-corrected chi connectivity index (χ0v) is 19.1. The van der Waals surface area contributed by atoms with E-state index in [1.807, 2.05) is 0 Å². The number of allylic oxidation sites excluding steroid dienone is 4. The Labute approximate surface area is 176 Å². The van der Waals surface area contributed by atoms with E-state index in [4.69, 9.17) is 0 Å². The van der Waals surface area contributed by atoms with Crippen LogP contribution in [0.5, 0.6) is 0 Å². The molecule has 0 unspecified atom stereocenters. The molecular weight excluding hydrogens is 356 g/mol. The molecule has 158 valence electrons. The van der Waals surface area contributed by atoms with Crippen molar-refractivity contribution in [3.05, 3.63) is 22.8 Å². The zero-order valence-electron chi connectivity index (χ0n) is 19.1. The topological polar surface area (TPSA) is 34.1 Å². The second-order valence-corrected chi connectivity index (χ2v) is 12.3. The predicted octanol–water partition coefficient (Wildman–Crippen LogP) is 6.59. The number of ketones is 2. The number of rotatable bonds is 0. The minimum absolute atomic E-state index is 0.0618. The zero-order chi connectivity index (χ0) is 20.8. The maximum atomic E-state index is 13.5. The normalized spacial score (nSPS) is 46.3. The standard InChI is InChI=1S/C27H38O2/c1-24(2)13-10-17-11-14-26(4)20(22(17)23(24)29)8-9-21-25(3)16-19(28)7-6-18(25)12-15-27(21,26)5/h8,18,21H,6-7,9-16H2,1-5H3/t18-,21-,25+,26-,27-/m1/s1. The molecule has 5 atom stereocenters. The van der Waals surface area contributed by atoms with Crippen molar-refractivity contribution in [1.29, 1.82) is 0 Å². The summed E-state index contributed by atoms with van der Waals surface area (Å²) >= 11 is 0. The summed E-state index contributed by atoms with van der Waals surface area (Å²) < 4.78 is 0. The minimum atomic E-state index is -0.227. The van der Waals surface area contributed by atoms with Crippen molar-refractivity contribution in [3.63, 3.8) is 0 Å². The summed E-state index contributed by atoms with van der Waals surface area (Å²) in [5.41, 5.74) is 4.11. The van der Waals surface area contributed by atoms with Crippen LogP contribution in [-0.4, -0.2) is 11.6 Å². The van der Waals surface area contributed by atoms with Gasteiger partial charge in [-0.05, 0) is 85.0 Å².